The molecule has 1 fully saturated rings. The van der Waals surface area contributed by atoms with Crippen LogP contribution < -0.4 is 20.7 Å². The molecule has 1 aliphatic heterocycles. The van der Waals surface area contributed by atoms with E-state index in [2.05, 4.69) is 5.32 Å². The molecule has 1 heterocycles. The molecule has 0 aliphatic carbocycles. The zero-order chi connectivity index (χ0) is 15.9. The summed E-state index contributed by atoms with van der Waals surface area (Å²) in [6, 6.07) is 7.27. The van der Waals surface area contributed by atoms with Crippen LogP contribution in [-0.2, 0) is 9.59 Å². The van der Waals surface area contributed by atoms with Crippen LogP contribution in [-0.4, -0.2) is 38.1 Å². The van der Waals surface area contributed by atoms with Crippen LogP contribution in [0.1, 0.15) is 19.8 Å². The zero-order valence-corrected chi connectivity index (χ0v) is 14.1. The molecule has 1 saturated heterocycles. The van der Waals surface area contributed by atoms with Crippen molar-refractivity contribution in [3.63, 3.8) is 0 Å². The van der Waals surface area contributed by atoms with E-state index in [0.717, 1.165) is 18.7 Å². The largest absolute Gasteiger partial charge is 0.484 e. The number of hydrogen-bond donors (Lipinski definition) is 2. The number of amides is 2. The standard InChI is InChI=1S/C16H23N3O3.ClH/c1-12(9-17)10-18-15(20)11-22-14-5-2-4-13(8-14)19-7-3-6-16(19)21;/h2,4-5,8,12H,3,6-7,9-11,17H2,1H3,(H,18,20);1H. The SMILES string of the molecule is CC(CN)CNC(=O)COc1cccc(N2CCCC2=O)c1.Cl. The fraction of sp³-hybridized carbons (Fsp3) is 0.500. The number of hydrogen-bond acceptors (Lipinski definition) is 4. The highest BCUT2D eigenvalue weighted by Gasteiger charge is 2.21. The third-order valence-electron chi connectivity index (χ3n) is 3.62. The third kappa shape index (κ3) is 5.73. The predicted molar refractivity (Wildman–Crippen MR) is 92.0 cm³/mol. The number of nitrogens with zero attached hydrogens (tertiary/aromatic N) is 1. The Morgan fingerprint density at radius 2 is 2.26 bits per heavy atom. The first-order valence-electron chi connectivity index (χ1n) is 7.60. The van der Waals surface area contributed by atoms with Crippen LogP contribution in [0.2, 0.25) is 0 Å². The van der Waals surface area contributed by atoms with Crippen LogP contribution >= 0.6 is 12.4 Å². The van der Waals surface area contributed by atoms with E-state index in [-0.39, 0.29) is 36.7 Å². The molecular formula is C16H24ClN3O3. The van der Waals surface area contributed by atoms with E-state index in [4.69, 9.17) is 10.5 Å². The highest BCUT2D eigenvalue weighted by molar-refractivity contribution is 5.95. The highest BCUT2D eigenvalue weighted by Crippen LogP contribution is 2.25. The van der Waals surface area contributed by atoms with Crippen molar-refractivity contribution in [1.29, 1.82) is 0 Å². The van der Waals surface area contributed by atoms with Crippen LogP contribution in [0.4, 0.5) is 5.69 Å². The summed E-state index contributed by atoms with van der Waals surface area (Å²) in [5.41, 5.74) is 6.31. The number of nitrogens with two attached hydrogens (primary N) is 1. The Morgan fingerprint density at radius 1 is 1.48 bits per heavy atom. The summed E-state index contributed by atoms with van der Waals surface area (Å²) >= 11 is 0. The molecule has 1 aliphatic rings. The molecule has 2 rings (SSSR count). The molecule has 23 heavy (non-hydrogen) atoms. The van der Waals surface area contributed by atoms with Gasteiger partial charge in [-0.25, -0.2) is 0 Å². The maximum Gasteiger partial charge on any atom is 0.257 e. The lowest BCUT2D eigenvalue weighted by Gasteiger charge is -2.16. The molecule has 0 bridgehead atoms. The van der Waals surface area contributed by atoms with Gasteiger partial charge in [-0.1, -0.05) is 13.0 Å². The summed E-state index contributed by atoms with van der Waals surface area (Å²) < 4.78 is 5.49. The molecule has 0 saturated carbocycles. The number of ether oxygens (including phenoxy) is 1. The van der Waals surface area contributed by atoms with Gasteiger partial charge in [0, 0.05) is 31.3 Å². The molecular weight excluding hydrogens is 318 g/mol. The van der Waals surface area contributed by atoms with E-state index in [1.54, 1.807) is 17.0 Å². The summed E-state index contributed by atoms with van der Waals surface area (Å²) in [4.78, 5) is 25.2. The second-order valence-electron chi connectivity index (χ2n) is 5.58. The average Bonchev–Trinajstić information content (AvgIpc) is 2.97. The number of halogens is 1. The maximum absolute atomic E-state index is 11.7. The van der Waals surface area contributed by atoms with Crippen molar-refractivity contribution in [3.05, 3.63) is 24.3 Å². The van der Waals surface area contributed by atoms with Gasteiger partial charge in [0.2, 0.25) is 5.91 Å². The van der Waals surface area contributed by atoms with Crippen molar-refractivity contribution in [1.82, 2.24) is 5.32 Å². The Balaban J connectivity index is 0.00000264. The minimum atomic E-state index is -0.178. The molecule has 128 valence electrons. The van der Waals surface area contributed by atoms with E-state index in [1.165, 1.54) is 0 Å². The summed E-state index contributed by atoms with van der Waals surface area (Å²) in [6.07, 6.45) is 1.47. The first kappa shape index (κ1) is 19.3. The van der Waals surface area contributed by atoms with Crippen molar-refractivity contribution < 1.29 is 14.3 Å². The Hall–Kier alpha value is -1.79. The van der Waals surface area contributed by atoms with E-state index in [1.807, 2.05) is 19.1 Å². The fourth-order valence-electron chi connectivity index (χ4n) is 2.23. The first-order valence-corrected chi connectivity index (χ1v) is 7.60. The second kappa shape index (κ2) is 9.37. The molecule has 1 atom stereocenters. The number of anilines is 1. The van der Waals surface area contributed by atoms with Gasteiger partial charge in [0.1, 0.15) is 5.75 Å². The zero-order valence-electron chi connectivity index (χ0n) is 13.3. The summed E-state index contributed by atoms with van der Waals surface area (Å²) in [6.45, 7) is 3.74. The first-order chi connectivity index (χ1) is 10.6. The molecule has 0 radical (unpaired) electrons. The molecule has 1 aromatic rings. The predicted octanol–water partition coefficient (Wildman–Crippen LogP) is 1.33. The lowest BCUT2D eigenvalue weighted by atomic mass is 10.2. The van der Waals surface area contributed by atoms with Gasteiger partial charge in [0.25, 0.3) is 5.91 Å². The molecule has 1 unspecified atom stereocenters. The van der Waals surface area contributed by atoms with Gasteiger partial charge in [-0.2, -0.15) is 0 Å². The van der Waals surface area contributed by atoms with Gasteiger partial charge in [-0.05, 0) is 31.0 Å². The Labute approximate surface area is 142 Å². The van der Waals surface area contributed by atoms with E-state index >= 15 is 0 Å². The monoisotopic (exact) mass is 341 g/mol. The van der Waals surface area contributed by atoms with E-state index in [9.17, 15) is 9.59 Å². The van der Waals surface area contributed by atoms with Crippen LogP contribution in [0.15, 0.2) is 24.3 Å². The minimum absolute atomic E-state index is 0. The van der Waals surface area contributed by atoms with Crippen molar-refractivity contribution in [2.24, 2.45) is 11.7 Å². The van der Waals surface area contributed by atoms with Crippen LogP contribution in [0.5, 0.6) is 5.75 Å². The second-order valence-corrected chi connectivity index (χ2v) is 5.58. The molecule has 0 aromatic heterocycles. The third-order valence-corrected chi connectivity index (χ3v) is 3.62. The Morgan fingerprint density at radius 3 is 2.91 bits per heavy atom. The van der Waals surface area contributed by atoms with Crippen molar-refractivity contribution >= 4 is 29.9 Å². The van der Waals surface area contributed by atoms with E-state index < -0.39 is 0 Å². The molecule has 7 heteroatoms. The van der Waals surface area contributed by atoms with E-state index in [0.29, 0.717) is 25.3 Å². The molecule has 6 nitrogen and oxygen atoms in total. The number of carbonyl (C=O) groups is 2. The fourth-order valence-corrected chi connectivity index (χ4v) is 2.23. The average molecular weight is 342 g/mol. The minimum Gasteiger partial charge on any atom is -0.484 e. The van der Waals surface area contributed by atoms with Gasteiger partial charge in [-0.15, -0.1) is 12.4 Å². The number of carbonyl (C=O) groups excluding carboxylic acids is 2. The number of benzene rings is 1. The van der Waals surface area contributed by atoms with Crippen molar-refractivity contribution in [3.8, 4) is 5.75 Å². The highest BCUT2D eigenvalue weighted by atomic mass is 35.5. The van der Waals surface area contributed by atoms with Gasteiger partial charge >= 0.3 is 0 Å². The quantitative estimate of drug-likeness (QED) is 0.783. The summed E-state index contributed by atoms with van der Waals surface area (Å²) in [5, 5.41) is 2.77. The summed E-state index contributed by atoms with van der Waals surface area (Å²) in [5.74, 6) is 0.779. The van der Waals surface area contributed by atoms with Gasteiger partial charge < -0.3 is 20.7 Å². The topological polar surface area (TPSA) is 84.7 Å². The molecule has 0 spiro atoms. The molecule has 1 aromatic carbocycles. The Kier molecular flexibility index (Phi) is 7.85. The normalized spacial score (nSPS) is 15.0. The van der Waals surface area contributed by atoms with Crippen molar-refractivity contribution in [2.45, 2.75) is 19.8 Å². The van der Waals surface area contributed by atoms with Crippen molar-refractivity contribution in [2.75, 3.05) is 31.1 Å². The van der Waals surface area contributed by atoms with Gasteiger partial charge in [0.15, 0.2) is 6.61 Å². The van der Waals surface area contributed by atoms with Crippen LogP contribution in [0, 0.1) is 5.92 Å². The number of rotatable bonds is 7. The Bertz CT molecular complexity index is 539. The lowest BCUT2D eigenvalue weighted by molar-refractivity contribution is -0.123. The number of nitrogens with one attached hydrogen (secondary N) is 1. The van der Waals surface area contributed by atoms with Crippen LogP contribution in [0.3, 0.4) is 0 Å². The smallest absolute Gasteiger partial charge is 0.257 e. The molecule has 3 N–H and O–H groups in total. The maximum atomic E-state index is 11.7. The van der Waals surface area contributed by atoms with Gasteiger partial charge in [-0.3, -0.25) is 9.59 Å². The molecule has 2 amide bonds. The summed E-state index contributed by atoms with van der Waals surface area (Å²) in [7, 11) is 0. The lowest BCUT2D eigenvalue weighted by Crippen LogP contribution is -2.34. The van der Waals surface area contributed by atoms with Gasteiger partial charge in [0.05, 0.1) is 0 Å². The van der Waals surface area contributed by atoms with Crippen LogP contribution in [0.25, 0.3) is 0 Å².